The van der Waals surface area contributed by atoms with Crippen LogP contribution in [0, 0.1) is 5.92 Å². The molecule has 0 aliphatic carbocycles. The quantitative estimate of drug-likeness (QED) is 0.356. The topological polar surface area (TPSA) is 41.8 Å². The molecule has 0 radical (unpaired) electrons. The molecule has 1 aromatic rings. The monoisotopic (exact) mass is 450 g/mol. The molecule has 0 aliphatic rings. The third kappa shape index (κ3) is 7.88. The number of nitrogens with zero attached hydrogens (tertiary/aromatic N) is 3. The lowest BCUT2D eigenvalue weighted by Gasteiger charge is -2.23. The van der Waals surface area contributed by atoms with Crippen LogP contribution in [-0.4, -0.2) is 48.3 Å². The van der Waals surface area contributed by atoms with Crippen molar-refractivity contribution in [1.82, 2.24) is 14.8 Å². The number of aliphatic imine (C=N–C) groups is 1. The lowest BCUT2D eigenvalue weighted by Crippen LogP contribution is -2.39. The fraction of sp³-hybridized carbons (Fsp3) is 0.722. The van der Waals surface area contributed by atoms with Crippen LogP contribution < -0.4 is 5.32 Å². The smallest absolute Gasteiger partial charge is 0.194 e. The maximum Gasteiger partial charge on any atom is 0.194 e. The summed E-state index contributed by atoms with van der Waals surface area (Å²) in [6.45, 7) is 11.8. The van der Waals surface area contributed by atoms with Crippen LogP contribution in [0.25, 0.3) is 0 Å². The van der Waals surface area contributed by atoms with Gasteiger partial charge in [-0.1, -0.05) is 13.8 Å². The van der Waals surface area contributed by atoms with Crippen molar-refractivity contribution in [3.05, 3.63) is 24.0 Å². The Bertz CT molecular complexity index is 473. The molecule has 6 heteroatoms. The lowest BCUT2D eigenvalue weighted by molar-refractivity contribution is 0.0266. The zero-order valence-corrected chi connectivity index (χ0v) is 18.4. The molecule has 0 bridgehead atoms. The van der Waals surface area contributed by atoms with Gasteiger partial charge in [-0.05, 0) is 38.3 Å². The van der Waals surface area contributed by atoms with Crippen LogP contribution in [-0.2, 0) is 18.3 Å². The molecule has 0 fully saturated rings. The fourth-order valence-electron chi connectivity index (χ4n) is 2.57. The molecular formula is C18H35IN4O. The minimum Gasteiger partial charge on any atom is -0.378 e. The first-order valence-corrected chi connectivity index (χ1v) is 8.70. The van der Waals surface area contributed by atoms with Crippen LogP contribution in [0.5, 0.6) is 0 Å². The van der Waals surface area contributed by atoms with Crippen molar-refractivity contribution >= 4 is 29.9 Å². The minimum absolute atomic E-state index is 0. The molecule has 0 saturated carbocycles. The molecule has 1 N–H and O–H groups in total. The average Bonchev–Trinajstić information content (AvgIpc) is 2.90. The first kappa shape index (κ1) is 23.2. The third-order valence-electron chi connectivity index (χ3n) is 3.95. The predicted octanol–water partition coefficient (Wildman–Crippen LogP) is 3.49. The molecule has 0 saturated heterocycles. The Labute approximate surface area is 164 Å². The van der Waals surface area contributed by atoms with E-state index in [0.717, 1.165) is 38.6 Å². The number of aryl methyl sites for hydroxylation is 1. The van der Waals surface area contributed by atoms with Gasteiger partial charge in [-0.15, -0.1) is 24.0 Å². The highest BCUT2D eigenvalue weighted by Crippen LogP contribution is 2.11. The first-order valence-electron chi connectivity index (χ1n) is 8.70. The number of halogens is 1. The molecule has 0 aromatic carbocycles. The summed E-state index contributed by atoms with van der Waals surface area (Å²) in [5.74, 6) is 1.47. The third-order valence-corrected chi connectivity index (χ3v) is 3.95. The second-order valence-electron chi connectivity index (χ2n) is 6.23. The van der Waals surface area contributed by atoms with E-state index in [4.69, 9.17) is 9.73 Å². The molecule has 1 heterocycles. The summed E-state index contributed by atoms with van der Waals surface area (Å²) in [5, 5.41) is 3.38. The maximum atomic E-state index is 5.80. The number of hydrogen-bond acceptors (Lipinski definition) is 2. The molecule has 1 aromatic heterocycles. The summed E-state index contributed by atoms with van der Waals surface area (Å²) in [6.07, 6.45) is 3.31. The summed E-state index contributed by atoms with van der Waals surface area (Å²) in [6, 6.07) is 4.21. The normalized spacial score (nSPS) is 12.9. The molecule has 1 unspecified atom stereocenters. The molecule has 1 rings (SSSR count). The van der Waals surface area contributed by atoms with E-state index in [9.17, 15) is 0 Å². The summed E-state index contributed by atoms with van der Waals surface area (Å²) < 4.78 is 7.94. The van der Waals surface area contributed by atoms with Crippen molar-refractivity contribution in [2.45, 2.75) is 46.8 Å². The summed E-state index contributed by atoms with van der Waals surface area (Å²) in [5.41, 5.74) is 1.27. The van der Waals surface area contributed by atoms with E-state index >= 15 is 0 Å². The van der Waals surface area contributed by atoms with Gasteiger partial charge in [-0.25, -0.2) is 0 Å². The molecule has 0 spiro atoms. The van der Waals surface area contributed by atoms with Crippen LogP contribution in [0.2, 0.25) is 0 Å². The van der Waals surface area contributed by atoms with E-state index in [1.54, 1.807) is 0 Å². The van der Waals surface area contributed by atoms with Gasteiger partial charge in [0.15, 0.2) is 5.96 Å². The SMILES string of the molecule is CCNC(=NCCC(OCC)C(C)C)N(C)Cc1cccn1C.I. The maximum absolute atomic E-state index is 5.80. The van der Waals surface area contributed by atoms with E-state index in [0.29, 0.717) is 5.92 Å². The molecular weight excluding hydrogens is 415 g/mol. The van der Waals surface area contributed by atoms with Gasteiger partial charge in [-0.3, -0.25) is 4.99 Å². The van der Waals surface area contributed by atoms with Gasteiger partial charge < -0.3 is 19.5 Å². The number of guanidine groups is 1. The Morgan fingerprint density at radius 3 is 2.58 bits per heavy atom. The van der Waals surface area contributed by atoms with Gasteiger partial charge >= 0.3 is 0 Å². The van der Waals surface area contributed by atoms with Crippen molar-refractivity contribution in [3.8, 4) is 0 Å². The number of nitrogens with one attached hydrogen (secondary N) is 1. The van der Waals surface area contributed by atoms with Crippen LogP contribution in [0.15, 0.2) is 23.3 Å². The standard InChI is InChI=1S/C18H34N4O.HI/c1-7-19-18(20-12-11-17(15(3)4)23-8-2)22(6)14-16-10-9-13-21(16)5;/h9-10,13,15,17H,7-8,11-12,14H2,1-6H3,(H,19,20);1H. The van der Waals surface area contributed by atoms with Crippen molar-refractivity contribution in [2.75, 3.05) is 26.7 Å². The zero-order chi connectivity index (χ0) is 17.2. The van der Waals surface area contributed by atoms with Crippen LogP contribution >= 0.6 is 24.0 Å². The van der Waals surface area contributed by atoms with Crippen molar-refractivity contribution in [1.29, 1.82) is 0 Å². The van der Waals surface area contributed by atoms with E-state index < -0.39 is 0 Å². The first-order chi connectivity index (χ1) is 11.0. The predicted molar refractivity (Wildman–Crippen MR) is 113 cm³/mol. The number of rotatable bonds is 9. The highest BCUT2D eigenvalue weighted by atomic mass is 127. The lowest BCUT2D eigenvalue weighted by atomic mass is 10.0. The van der Waals surface area contributed by atoms with Gasteiger partial charge in [-0.2, -0.15) is 0 Å². The Morgan fingerprint density at radius 1 is 1.38 bits per heavy atom. The van der Waals surface area contributed by atoms with Gasteiger partial charge in [0.1, 0.15) is 0 Å². The second-order valence-corrected chi connectivity index (χ2v) is 6.23. The van der Waals surface area contributed by atoms with Gasteiger partial charge in [0.2, 0.25) is 0 Å². The van der Waals surface area contributed by atoms with Crippen LogP contribution in [0.1, 0.15) is 39.8 Å². The van der Waals surface area contributed by atoms with E-state index in [2.05, 4.69) is 74.9 Å². The van der Waals surface area contributed by atoms with Crippen molar-refractivity contribution in [2.24, 2.45) is 18.0 Å². The molecule has 0 amide bonds. The summed E-state index contributed by atoms with van der Waals surface area (Å²) in [4.78, 5) is 6.94. The van der Waals surface area contributed by atoms with Gasteiger partial charge in [0.25, 0.3) is 0 Å². The Balaban J connectivity index is 0.00000529. The van der Waals surface area contributed by atoms with E-state index in [1.807, 2.05) is 0 Å². The van der Waals surface area contributed by atoms with Gasteiger partial charge in [0.05, 0.1) is 12.6 Å². The number of aromatic nitrogens is 1. The minimum atomic E-state index is 0. The van der Waals surface area contributed by atoms with Crippen molar-refractivity contribution in [3.63, 3.8) is 0 Å². The summed E-state index contributed by atoms with van der Waals surface area (Å²) >= 11 is 0. The Kier molecular flexibility index (Phi) is 12.2. The summed E-state index contributed by atoms with van der Waals surface area (Å²) in [7, 11) is 4.15. The highest BCUT2D eigenvalue weighted by Gasteiger charge is 2.13. The van der Waals surface area contributed by atoms with Crippen LogP contribution in [0.4, 0.5) is 0 Å². The largest absolute Gasteiger partial charge is 0.378 e. The molecule has 140 valence electrons. The fourth-order valence-corrected chi connectivity index (χ4v) is 2.57. The van der Waals surface area contributed by atoms with Crippen molar-refractivity contribution < 1.29 is 4.74 Å². The molecule has 0 aliphatic heterocycles. The van der Waals surface area contributed by atoms with Crippen LogP contribution in [0.3, 0.4) is 0 Å². The Hall–Kier alpha value is -0.760. The van der Waals surface area contributed by atoms with E-state index in [1.165, 1.54) is 5.69 Å². The number of ether oxygens (including phenoxy) is 1. The molecule has 5 nitrogen and oxygen atoms in total. The number of hydrogen-bond donors (Lipinski definition) is 1. The molecule has 1 atom stereocenters. The molecule has 24 heavy (non-hydrogen) atoms. The van der Waals surface area contributed by atoms with E-state index in [-0.39, 0.29) is 30.1 Å². The second kappa shape index (κ2) is 12.6. The zero-order valence-electron chi connectivity index (χ0n) is 16.1. The highest BCUT2D eigenvalue weighted by molar-refractivity contribution is 14.0. The average molecular weight is 450 g/mol. The Morgan fingerprint density at radius 2 is 2.08 bits per heavy atom. The van der Waals surface area contributed by atoms with Gasteiger partial charge in [0, 0.05) is 45.7 Å².